The summed E-state index contributed by atoms with van der Waals surface area (Å²) < 4.78 is 16.0. The van der Waals surface area contributed by atoms with Crippen LogP contribution in [-0.2, 0) is 25.5 Å². The van der Waals surface area contributed by atoms with E-state index in [2.05, 4.69) is 0 Å². The number of aliphatic hydroxyl groups excluding tert-OH is 1. The molecule has 1 aromatic carbocycles. The van der Waals surface area contributed by atoms with E-state index in [0.29, 0.717) is 30.8 Å². The van der Waals surface area contributed by atoms with Gasteiger partial charge >= 0.3 is 0 Å². The maximum absolute atomic E-state index is 12.8. The molecule has 0 amide bonds. The smallest absolute Gasteiger partial charge is 0.228 e. The van der Waals surface area contributed by atoms with E-state index in [1.807, 2.05) is 24.3 Å². The summed E-state index contributed by atoms with van der Waals surface area (Å²) in [6.07, 6.45) is 9.45. The number of allylic oxidation sites excluding steroid dienone is 2. The number of hydrogen-bond donors (Lipinski definition) is 1. The van der Waals surface area contributed by atoms with Crippen molar-refractivity contribution in [3.05, 3.63) is 52.5 Å². The molecule has 176 valence electrons. The molecular weight excluding hydrogens is 408 g/mol. The minimum atomic E-state index is -0.316. The molecular formula is C26H36O6. The van der Waals surface area contributed by atoms with Crippen LogP contribution in [0.1, 0.15) is 63.9 Å². The molecule has 0 unspecified atom stereocenters. The quantitative estimate of drug-likeness (QED) is 0.312. The van der Waals surface area contributed by atoms with Crippen LogP contribution in [0.3, 0.4) is 0 Å². The molecule has 6 nitrogen and oxygen atoms in total. The van der Waals surface area contributed by atoms with Crippen molar-refractivity contribution in [2.24, 2.45) is 0 Å². The fourth-order valence-electron chi connectivity index (χ4n) is 3.78. The van der Waals surface area contributed by atoms with Crippen LogP contribution in [0.25, 0.3) is 0 Å². The summed E-state index contributed by atoms with van der Waals surface area (Å²) in [5, 5.41) is 8.76. The molecule has 0 spiro atoms. The van der Waals surface area contributed by atoms with Crippen molar-refractivity contribution < 1.29 is 28.9 Å². The number of unbranched alkanes of at least 4 members (excludes halogenated alkanes) is 7. The average Bonchev–Trinajstić information content (AvgIpc) is 2.81. The van der Waals surface area contributed by atoms with Gasteiger partial charge < -0.3 is 19.3 Å². The molecule has 0 fully saturated rings. The Hall–Kier alpha value is -2.60. The second-order valence-electron chi connectivity index (χ2n) is 8.05. The molecule has 0 saturated carbocycles. The molecule has 0 radical (unpaired) electrons. The molecule has 0 atom stereocenters. The lowest BCUT2D eigenvalue weighted by atomic mass is 9.89. The first-order chi connectivity index (χ1) is 15.5. The van der Waals surface area contributed by atoms with Gasteiger partial charge in [-0.1, -0.05) is 50.7 Å². The van der Waals surface area contributed by atoms with Crippen LogP contribution in [0.5, 0.6) is 5.75 Å². The molecule has 32 heavy (non-hydrogen) atoms. The number of ketones is 2. The Morgan fingerprint density at radius 1 is 0.750 bits per heavy atom. The highest BCUT2D eigenvalue weighted by Crippen LogP contribution is 2.28. The van der Waals surface area contributed by atoms with E-state index in [1.54, 1.807) is 6.92 Å². The molecule has 0 aromatic heterocycles. The van der Waals surface area contributed by atoms with Crippen molar-refractivity contribution >= 4 is 11.6 Å². The van der Waals surface area contributed by atoms with E-state index in [1.165, 1.54) is 39.9 Å². The highest BCUT2D eigenvalue weighted by Gasteiger charge is 2.34. The van der Waals surface area contributed by atoms with Gasteiger partial charge in [0.25, 0.3) is 0 Å². The van der Waals surface area contributed by atoms with Crippen LogP contribution in [0, 0.1) is 0 Å². The third kappa shape index (κ3) is 7.23. The lowest BCUT2D eigenvalue weighted by Gasteiger charge is -2.20. The van der Waals surface area contributed by atoms with Gasteiger partial charge in [-0.3, -0.25) is 9.59 Å². The van der Waals surface area contributed by atoms with Gasteiger partial charge in [0.05, 0.1) is 20.8 Å². The van der Waals surface area contributed by atoms with E-state index < -0.39 is 0 Å². The van der Waals surface area contributed by atoms with Crippen molar-refractivity contribution in [2.45, 2.75) is 64.7 Å². The monoisotopic (exact) mass is 444 g/mol. The average molecular weight is 445 g/mol. The lowest BCUT2D eigenvalue weighted by molar-refractivity contribution is -0.121. The SMILES string of the molecule is COC1=C(OC)C(=O)C(Cc2ccc(OCCCCCCCCCCO)cc2)=C(C)C1=O. The summed E-state index contributed by atoms with van der Waals surface area (Å²) in [6.45, 7) is 2.63. The van der Waals surface area contributed by atoms with Gasteiger partial charge in [-0.05, 0) is 37.5 Å². The second-order valence-corrected chi connectivity index (χ2v) is 8.05. The number of benzene rings is 1. The number of carbonyl (C=O) groups excluding carboxylic acids is 2. The van der Waals surface area contributed by atoms with E-state index in [-0.39, 0.29) is 23.1 Å². The Morgan fingerprint density at radius 2 is 1.28 bits per heavy atom. The zero-order valence-corrected chi connectivity index (χ0v) is 19.6. The molecule has 0 saturated heterocycles. The van der Waals surface area contributed by atoms with Gasteiger partial charge in [-0.25, -0.2) is 0 Å². The third-order valence-electron chi connectivity index (χ3n) is 5.72. The van der Waals surface area contributed by atoms with Crippen molar-refractivity contribution in [3.63, 3.8) is 0 Å². The minimum absolute atomic E-state index is 0.0378. The van der Waals surface area contributed by atoms with Crippen LogP contribution in [0.2, 0.25) is 0 Å². The Morgan fingerprint density at radius 3 is 1.84 bits per heavy atom. The number of Topliss-reactive ketones (excluding diaryl/α,β-unsaturated/α-hetero) is 2. The fraction of sp³-hybridized carbons (Fsp3) is 0.538. The van der Waals surface area contributed by atoms with Gasteiger partial charge in [-0.15, -0.1) is 0 Å². The Labute approximate surface area is 191 Å². The normalized spacial score (nSPS) is 14.2. The summed E-state index contributed by atoms with van der Waals surface area (Å²) >= 11 is 0. The summed E-state index contributed by atoms with van der Waals surface area (Å²) in [5.41, 5.74) is 1.74. The molecule has 1 aliphatic rings. The largest absolute Gasteiger partial charge is 0.494 e. The van der Waals surface area contributed by atoms with E-state index >= 15 is 0 Å². The molecule has 1 N–H and O–H groups in total. The number of aliphatic hydroxyl groups is 1. The van der Waals surface area contributed by atoms with Crippen LogP contribution < -0.4 is 4.74 Å². The lowest BCUT2D eigenvalue weighted by Crippen LogP contribution is -2.25. The second kappa shape index (κ2) is 13.7. The predicted molar refractivity (Wildman–Crippen MR) is 123 cm³/mol. The fourth-order valence-corrected chi connectivity index (χ4v) is 3.78. The van der Waals surface area contributed by atoms with E-state index in [4.69, 9.17) is 19.3 Å². The van der Waals surface area contributed by atoms with Crippen molar-refractivity contribution in [2.75, 3.05) is 27.4 Å². The maximum Gasteiger partial charge on any atom is 0.228 e. The molecule has 6 heteroatoms. The number of rotatable bonds is 15. The number of carbonyl (C=O) groups is 2. The first-order valence-corrected chi connectivity index (χ1v) is 11.5. The molecule has 1 aliphatic carbocycles. The molecule has 1 aromatic rings. The zero-order valence-electron chi connectivity index (χ0n) is 19.6. The standard InChI is InChI=1S/C26H36O6/c1-19-22(24(29)26(31-3)25(30-2)23(19)28)18-20-12-14-21(15-13-20)32-17-11-9-7-5-4-6-8-10-16-27/h12-15,27H,4-11,16-18H2,1-3H3. The maximum atomic E-state index is 12.8. The highest BCUT2D eigenvalue weighted by atomic mass is 16.5. The molecule has 0 aliphatic heterocycles. The van der Waals surface area contributed by atoms with Crippen molar-refractivity contribution in [1.29, 1.82) is 0 Å². The Balaban J connectivity index is 1.78. The van der Waals surface area contributed by atoms with Crippen molar-refractivity contribution in [3.8, 4) is 5.75 Å². The molecule has 2 rings (SSSR count). The number of hydrogen-bond acceptors (Lipinski definition) is 6. The minimum Gasteiger partial charge on any atom is -0.494 e. The summed E-state index contributed by atoms with van der Waals surface area (Å²) in [5.74, 6) is 0.0975. The third-order valence-corrected chi connectivity index (χ3v) is 5.72. The van der Waals surface area contributed by atoms with E-state index in [9.17, 15) is 9.59 Å². The van der Waals surface area contributed by atoms with Gasteiger partial charge in [0.2, 0.25) is 23.1 Å². The highest BCUT2D eigenvalue weighted by molar-refractivity contribution is 6.23. The van der Waals surface area contributed by atoms with Gasteiger partial charge in [-0.2, -0.15) is 0 Å². The molecule has 0 heterocycles. The first-order valence-electron chi connectivity index (χ1n) is 11.5. The number of ether oxygens (including phenoxy) is 3. The predicted octanol–water partition coefficient (Wildman–Crippen LogP) is 4.69. The Kier molecular flexibility index (Phi) is 11.0. The zero-order chi connectivity index (χ0) is 23.3. The summed E-state index contributed by atoms with van der Waals surface area (Å²) in [7, 11) is 2.72. The summed E-state index contributed by atoms with van der Waals surface area (Å²) in [6, 6.07) is 7.63. The Bertz CT molecular complexity index is 819. The van der Waals surface area contributed by atoms with Crippen LogP contribution >= 0.6 is 0 Å². The summed E-state index contributed by atoms with van der Waals surface area (Å²) in [4.78, 5) is 25.3. The molecule has 0 bridgehead atoms. The van der Waals surface area contributed by atoms with Crippen LogP contribution in [-0.4, -0.2) is 44.1 Å². The topological polar surface area (TPSA) is 82.1 Å². The van der Waals surface area contributed by atoms with Crippen LogP contribution in [0.15, 0.2) is 46.9 Å². The van der Waals surface area contributed by atoms with Gasteiger partial charge in [0.15, 0.2) is 0 Å². The number of methoxy groups -OCH3 is 2. The first kappa shape index (κ1) is 25.7. The van der Waals surface area contributed by atoms with Gasteiger partial charge in [0.1, 0.15) is 5.75 Å². The van der Waals surface area contributed by atoms with Gasteiger partial charge in [0, 0.05) is 24.2 Å². The van der Waals surface area contributed by atoms with Crippen LogP contribution in [0.4, 0.5) is 0 Å². The van der Waals surface area contributed by atoms with Crippen molar-refractivity contribution in [1.82, 2.24) is 0 Å². The van der Waals surface area contributed by atoms with E-state index in [0.717, 1.165) is 37.0 Å².